The Morgan fingerprint density at radius 2 is 1.88 bits per heavy atom. The first-order valence-electron chi connectivity index (χ1n) is 7.35. The van der Waals surface area contributed by atoms with Crippen molar-refractivity contribution in [3.8, 4) is 6.07 Å². The van der Waals surface area contributed by atoms with E-state index in [0.717, 1.165) is 4.68 Å². The molecular weight excluding hydrogens is 320 g/mol. The van der Waals surface area contributed by atoms with Crippen LogP contribution < -0.4 is 5.56 Å². The normalized spacial score (nSPS) is 11.1. The topological polar surface area (TPSA) is 97.9 Å². The Hall–Kier alpha value is -3.79. The van der Waals surface area contributed by atoms with Crippen molar-refractivity contribution in [2.75, 3.05) is 0 Å². The molecule has 0 aliphatic carbocycles. The largest absolute Gasteiger partial charge is 0.438 e. The Balaban J connectivity index is 1.78. The van der Waals surface area contributed by atoms with Crippen LogP contribution in [-0.4, -0.2) is 21.0 Å². The standard InChI is InChI=1S/C18H12N4O3/c19-11-14(10-13-6-2-1-3-7-13)18(24)25-12-22-17(23)15-8-4-5-9-16(15)20-21-22/h1-10H,12H2/b14-10+. The van der Waals surface area contributed by atoms with Crippen molar-refractivity contribution < 1.29 is 9.53 Å². The van der Waals surface area contributed by atoms with E-state index in [2.05, 4.69) is 10.3 Å². The lowest BCUT2D eigenvalue weighted by atomic mass is 10.1. The van der Waals surface area contributed by atoms with Gasteiger partial charge >= 0.3 is 5.97 Å². The van der Waals surface area contributed by atoms with Gasteiger partial charge in [0.2, 0.25) is 0 Å². The van der Waals surface area contributed by atoms with E-state index in [-0.39, 0.29) is 5.57 Å². The van der Waals surface area contributed by atoms with E-state index in [1.165, 1.54) is 6.08 Å². The number of carbonyl (C=O) groups excluding carboxylic acids is 1. The molecule has 1 aromatic heterocycles. The van der Waals surface area contributed by atoms with Crippen LogP contribution in [0.15, 0.2) is 65.0 Å². The smallest absolute Gasteiger partial charge is 0.350 e. The highest BCUT2D eigenvalue weighted by molar-refractivity contribution is 5.97. The van der Waals surface area contributed by atoms with Gasteiger partial charge in [0.15, 0.2) is 6.73 Å². The molecule has 122 valence electrons. The molecule has 7 nitrogen and oxygen atoms in total. The van der Waals surface area contributed by atoms with E-state index in [0.29, 0.717) is 16.5 Å². The lowest BCUT2D eigenvalue weighted by Crippen LogP contribution is -2.26. The third-order valence-electron chi connectivity index (χ3n) is 3.40. The summed E-state index contributed by atoms with van der Waals surface area (Å²) in [5.74, 6) is -0.840. The van der Waals surface area contributed by atoms with Crippen molar-refractivity contribution in [3.63, 3.8) is 0 Å². The van der Waals surface area contributed by atoms with Crippen molar-refractivity contribution in [3.05, 3.63) is 76.1 Å². The first-order chi connectivity index (χ1) is 12.2. The molecule has 3 rings (SSSR count). The predicted molar refractivity (Wildman–Crippen MR) is 89.9 cm³/mol. The van der Waals surface area contributed by atoms with Gasteiger partial charge in [0.05, 0.1) is 5.39 Å². The summed E-state index contributed by atoms with van der Waals surface area (Å²) in [6, 6.07) is 17.4. The number of hydrogen-bond acceptors (Lipinski definition) is 6. The summed E-state index contributed by atoms with van der Waals surface area (Å²) in [5.41, 5.74) is 0.548. The maximum Gasteiger partial charge on any atom is 0.350 e. The van der Waals surface area contributed by atoms with Gasteiger partial charge in [0, 0.05) is 0 Å². The molecule has 0 saturated heterocycles. The fourth-order valence-electron chi connectivity index (χ4n) is 2.16. The summed E-state index contributed by atoms with van der Waals surface area (Å²) in [6.45, 7) is -0.427. The molecule has 3 aromatic rings. The van der Waals surface area contributed by atoms with Crippen molar-refractivity contribution in [2.24, 2.45) is 0 Å². The molecule has 0 fully saturated rings. The zero-order valence-electron chi connectivity index (χ0n) is 13.0. The summed E-state index contributed by atoms with van der Waals surface area (Å²) in [7, 11) is 0. The van der Waals surface area contributed by atoms with E-state index in [1.807, 2.05) is 6.07 Å². The van der Waals surface area contributed by atoms with Gasteiger partial charge in [-0.15, -0.1) is 5.10 Å². The van der Waals surface area contributed by atoms with Crippen LogP contribution in [0.1, 0.15) is 5.56 Å². The molecular formula is C18H12N4O3. The summed E-state index contributed by atoms with van der Waals surface area (Å²) >= 11 is 0. The van der Waals surface area contributed by atoms with Gasteiger partial charge in [-0.3, -0.25) is 4.79 Å². The van der Waals surface area contributed by atoms with Crippen LogP contribution in [0.5, 0.6) is 0 Å². The third-order valence-corrected chi connectivity index (χ3v) is 3.40. The monoisotopic (exact) mass is 332 g/mol. The van der Waals surface area contributed by atoms with E-state index >= 15 is 0 Å². The number of nitrogens with zero attached hydrogens (tertiary/aromatic N) is 4. The molecule has 0 spiro atoms. The van der Waals surface area contributed by atoms with E-state index in [9.17, 15) is 9.59 Å². The summed E-state index contributed by atoms with van der Waals surface area (Å²) < 4.78 is 5.94. The quantitative estimate of drug-likeness (QED) is 0.411. The number of benzene rings is 2. The highest BCUT2D eigenvalue weighted by Crippen LogP contribution is 2.08. The van der Waals surface area contributed by atoms with Gasteiger partial charge < -0.3 is 4.74 Å². The van der Waals surface area contributed by atoms with Gasteiger partial charge in [-0.1, -0.05) is 47.7 Å². The van der Waals surface area contributed by atoms with E-state index in [1.54, 1.807) is 54.6 Å². The Kier molecular flexibility index (Phi) is 4.62. The molecule has 2 aromatic carbocycles. The van der Waals surface area contributed by atoms with Crippen LogP contribution in [0.2, 0.25) is 0 Å². The second-order valence-electron chi connectivity index (χ2n) is 5.05. The maximum atomic E-state index is 12.3. The van der Waals surface area contributed by atoms with Gasteiger partial charge in [-0.05, 0) is 23.8 Å². The van der Waals surface area contributed by atoms with Crippen LogP contribution in [0, 0.1) is 11.3 Å². The minimum absolute atomic E-state index is 0.173. The van der Waals surface area contributed by atoms with E-state index in [4.69, 9.17) is 10.00 Å². The number of fused-ring (bicyclic) bond motifs is 1. The van der Waals surface area contributed by atoms with Crippen LogP contribution in [0.3, 0.4) is 0 Å². The molecule has 1 heterocycles. The molecule has 25 heavy (non-hydrogen) atoms. The molecule has 0 amide bonds. The van der Waals surface area contributed by atoms with Crippen LogP contribution in [-0.2, 0) is 16.3 Å². The predicted octanol–water partition coefficient (Wildman–Crippen LogP) is 1.90. The number of nitriles is 1. The van der Waals surface area contributed by atoms with Crippen LogP contribution in [0.25, 0.3) is 17.0 Å². The number of aromatic nitrogens is 3. The van der Waals surface area contributed by atoms with Crippen molar-refractivity contribution in [1.82, 2.24) is 15.0 Å². The molecule has 0 saturated carbocycles. The van der Waals surface area contributed by atoms with Crippen LogP contribution in [0.4, 0.5) is 0 Å². The average molecular weight is 332 g/mol. The van der Waals surface area contributed by atoms with Gasteiger partial charge in [0.25, 0.3) is 5.56 Å². The minimum Gasteiger partial charge on any atom is -0.438 e. The fraction of sp³-hybridized carbons (Fsp3) is 0.0556. The van der Waals surface area contributed by atoms with Crippen molar-refractivity contribution in [2.45, 2.75) is 6.73 Å². The molecule has 0 unspecified atom stereocenters. The highest BCUT2D eigenvalue weighted by atomic mass is 16.5. The second kappa shape index (κ2) is 7.19. The molecule has 0 atom stereocenters. The van der Waals surface area contributed by atoms with Gasteiger partial charge in [-0.2, -0.15) is 9.94 Å². The van der Waals surface area contributed by atoms with Crippen molar-refractivity contribution >= 4 is 22.9 Å². The van der Waals surface area contributed by atoms with Crippen molar-refractivity contribution in [1.29, 1.82) is 5.26 Å². The zero-order valence-corrected chi connectivity index (χ0v) is 13.0. The lowest BCUT2D eigenvalue weighted by Gasteiger charge is -2.06. The highest BCUT2D eigenvalue weighted by Gasteiger charge is 2.12. The van der Waals surface area contributed by atoms with Crippen LogP contribution >= 0.6 is 0 Å². The molecule has 0 N–H and O–H groups in total. The Morgan fingerprint density at radius 3 is 2.64 bits per heavy atom. The average Bonchev–Trinajstić information content (AvgIpc) is 2.66. The first-order valence-corrected chi connectivity index (χ1v) is 7.35. The third kappa shape index (κ3) is 3.59. The zero-order chi connectivity index (χ0) is 17.6. The second-order valence-corrected chi connectivity index (χ2v) is 5.05. The lowest BCUT2D eigenvalue weighted by molar-refractivity contribution is -0.142. The summed E-state index contributed by atoms with van der Waals surface area (Å²) in [6.07, 6.45) is 1.41. The number of ether oxygens (including phenoxy) is 1. The Morgan fingerprint density at radius 1 is 1.16 bits per heavy atom. The molecule has 0 aliphatic heterocycles. The Bertz CT molecular complexity index is 1050. The maximum absolute atomic E-state index is 12.3. The van der Waals surface area contributed by atoms with E-state index < -0.39 is 18.3 Å². The number of rotatable bonds is 4. The fourth-order valence-corrected chi connectivity index (χ4v) is 2.16. The first kappa shape index (κ1) is 16.1. The molecule has 7 heteroatoms. The Labute approximate surface area is 142 Å². The molecule has 0 bridgehead atoms. The van der Waals surface area contributed by atoms with Gasteiger partial charge in [-0.25, -0.2) is 4.79 Å². The number of carbonyl (C=O) groups is 1. The number of hydrogen-bond donors (Lipinski definition) is 0. The summed E-state index contributed by atoms with van der Waals surface area (Å²) in [4.78, 5) is 24.3. The molecule has 0 radical (unpaired) electrons. The number of esters is 1. The van der Waals surface area contributed by atoms with Gasteiger partial charge in [0.1, 0.15) is 17.2 Å². The summed E-state index contributed by atoms with van der Waals surface area (Å²) in [5, 5.41) is 17.1. The SMILES string of the molecule is N#C/C(=C\c1ccccc1)C(=O)OCn1nnc2ccccc2c1=O. The minimum atomic E-state index is -0.840. The molecule has 0 aliphatic rings.